The standard InChI is InChI=1S/C33H35N3O6S2/c1-43(37,38)19-7-6-18-36(44(2,39)40)29-21-30-28(20-27(29)24-10-11-24)31(33-34-16-17-35-33)32(42-30)25-12-14-26(15-13-25)41-22-23-8-4-3-5-9-23/h3-5,8-9,12-17,20-21,24H,6-7,10-11,18-19,22H2,1-2H3,(H,34,35). The van der Waals surface area contributed by atoms with Crippen LogP contribution in [0.3, 0.4) is 0 Å². The number of hydrogen-bond donors (Lipinski definition) is 1. The minimum Gasteiger partial charge on any atom is -0.489 e. The Bertz CT molecular complexity index is 1960. The lowest BCUT2D eigenvalue weighted by Crippen LogP contribution is -2.32. The third kappa shape index (κ3) is 6.84. The molecule has 0 bridgehead atoms. The molecule has 0 spiro atoms. The van der Waals surface area contributed by atoms with E-state index in [0.717, 1.165) is 46.2 Å². The number of furan rings is 1. The number of hydrogen-bond acceptors (Lipinski definition) is 7. The Balaban J connectivity index is 1.38. The minimum absolute atomic E-state index is 0.0171. The van der Waals surface area contributed by atoms with E-state index in [1.807, 2.05) is 66.7 Å². The van der Waals surface area contributed by atoms with Crippen molar-refractivity contribution in [1.29, 1.82) is 0 Å². The Hall–Kier alpha value is -4.09. The van der Waals surface area contributed by atoms with Gasteiger partial charge in [0.15, 0.2) is 0 Å². The van der Waals surface area contributed by atoms with Crippen molar-refractivity contribution in [1.82, 2.24) is 9.97 Å². The lowest BCUT2D eigenvalue weighted by Gasteiger charge is -2.25. The van der Waals surface area contributed by atoms with Crippen LogP contribution in [-0.4, -0.2) is 51.6 Å². The third-order valence-corrected chi connectivity index (χ3v) is 9.96. The molecule has 1 fully saturated rings. The van der Waals surface area contributed by atoms with Crippen LogP contribution in [0.4, 0.5) is 5.69 Å². The lowest BCUT2D eigenvalue weighted by atomic mass is 10.0. The number of nitrogens with zero attached hydrogens (tertiary/aromatic N) is 2. The van der Waals surface area contributed by atoms with E-state index in [-0.39, 0.29) is 18.2 Å². The van der Waals surface area contributed by atoms with Gasteiger partial charge in [-0.25, -0.2) is 21.8 Å². The summed E-state index contributed by atoms with van der Waals surface area (Å²) in [6.07, 6.45) is 8.56. The summed E-state index contributed by atoms with van der Waals surface area (Å²) in [7, 11) is -6.78. The van der Waals surface area contributed by atoms with Gasteiger partial charge in [-0.15, -0.1) is 0 Å². The van der Waals surface area contributed by atoms with Crippen LogP contribution in [0.5, 0.6) is 5.75 Å². The molecule has 2 heterocycles. The van der Waals surface area contributed by atoms with Crippen LogP contribution in [0.2, 0.25) is 0 Å². The van der Waals surface area contributed by atoms with Gasteiger partial charge in [0.1, 0.15) is 39.4 Å². The summed E-state index contributed by atoms with van der Waals surface area (Å²) in [5.74, 6) is 2.24. The molecular formula is C33H35N3O6S2. The maximum absolute atomic E-state index is 13.1. The number of ether oxygens (including phenoxy) is 1. The number of fused-ring (bicyclic) bond motifs is 1. The van der Waals surface area contributed by atoms with Crippen molar-refractivity contribution in [2.24, 2.45) is 0 Å². The number of imidazole rings is 1. The van der Waals surface area contributed by atoms with Gasteiger partial charge < -0.3 is 14.1 Å². The molecule has 230 valence electrons. The summed E-state index contributed by atoms with van der Waals surface area (Å²) in [5, 5.41) is 0.843. The average molecular weight is 634 g/mol. The Morgan fingerprint density at radius 3 is 2.36 bits per heavy atom. The zero-order valence-corrected chi connectivity index (χ0v) is 26.3. The SMILES string of the molecule is CS(=O)(=O)CCCCN(c1cc2oc(-c3ccc(OCc4ccccc4)cc3)c(-c3ncc[nH]3)c2cc1C1CC1)S(C)(=O)=O. The highest BCUT2D eigenvalue weighted by Gasteiger charge is 2.32. The second kappa shape index (κ2) is 12.1. The first-order valence-corrected chi connectivity index (χ1v) is 18.5. The molecule has 11 heteroatoms. The molecule has 1 N–H and O–H groups in total. The van der Waals surface area contributed by atoms with Crippen LogP contribution in [0.25, 0.3) is 33.7 Å². The number of rotatable bonds is 13. The van der Waals surface area contributed by atoms with E-state index >= 15 is 0 Å². The maximum Gasteiger partial charge on any atom is 0.232 e. The molecular weight excluding hydrogens is 599 g/mol. The summed E-state index contributed by atoms with van der Waals surface area (Å²) < 4.78 is 63.3. The normalized spacial score (nSPS) is 13.8. The zero-order chi connectivity index (χ0) is 30.9. The van der Waals surface area contributed by atoms with Gasteiger partial charge in [0.05, 0.1) is 17.5 Å². The highest BCUT2D eigenvalue weighted by molar-refractivity contribution is 7.92. The number of aromatic amines is 1. The van der Waals surface area contributed by atoms with Gasteiger partial charge in [0.25, 0.3) is 0 Å². The molecule has 44 heavy (non-hydrogen) atoms. The predicted molar refractivity (Wildman–Crippen MR) is 173 cm³/mol. The second-order valence-corrected chi connectivity index (χ2v) is 15.6. The Morgan fingerprint density at radius 2 is 1.73 bits per heavy atom. The first kappa shape index (κ1) is 30.0. The van der Waals surface area contributed by atoms with Crippen molar-refractivity contribution in [3.8, 4) is 28.5 Å². The van der Waals surface area contributed by atoms with E-state index in [1.54, 1.807) is 12.4 Å². The molecule has 2 aromatic heterocycles. The molecule has 1 aliphatic carbocycles. The highest BCUT2D eigenvalue weighted by atomic mass is 32.2. The molecule has 5 aromatic rings. The van der Waals surface area contributed by atoms with E-state index in [1.165, 1.54) is 16.8 Å². The molecule has 6 rings (SSSR count). The summed E-state index contributed by atoms with van der Waals surface area (Å²) >= 11 is 0. The highest BCUT2D eigenvalue weighted by Crippen LogP contribution is 2.49. The third-order valence-electron chi connectivity index (χ3n) is 7.75. The molecule has 0 unspecified atom stereocenters. The van der Waals surface area contributed by atoms with E-state index < -0.39 is 19.9 Å². The van der Waals surface area contributed by atoms with E-state index in [2.05, 4.69) is 9.97 Å². The molecule has 0 saturated heterocycles. The number of sulfonamides is 1. The molecule has 0 radical (unpaired) electrons. The topological polar surface area (TPSA) is 123 Å². The molecule has 0 aliphatic heterocycles. The fourth-order valence-electron chi connectivity index (χ4n) is 5.45. The van der Waals surface area contributed by atoms with Crippen LogP contribution >= 0.6 is 0 Å². The van der Waals surface area contributed by atoms with E-state index in [9.17, 15) is 16.8 Å². The molecule has 0 atom stereocenters. The molecule has 9 nitrogen and oxygen atoms in total. The summed E-state index contributed by atoms with van der Waals surface area (Å²) in [5.41, 5.74) is 4.77. The molecule has 0 amide bonds. The van der Waals surface area contributed by atoms with Gasteiger partial charge in [0, 0.05) is 48.0 Å². The van der Waals surface area contributed by atoms with Crippen LogP contribution < -0.4 is 9.04 Å². The number of sulfone groups is 1. The van der Waals surface area contributed by atoms with Gasteiger partial charge in [-0.1, -0.05) is 30.3 Å². The van der Waals surface area contributed by atoms with Crippen LogP contribution in [0, 0.1) is 0 Å². The van der Waals surface area contributed by atoms with Gasteiger partial charge in [-0.2, -0.15) is 0 Å². The molecule has 1 aliphatic rings. The maximum atomic E-state index is 13.1. The van der Waals surface area contributed by atoms with Crippen molar-refractivity contribution < 1.29 is 26.0 Å². The van der Waals surface area contributed by atoms with Gasteiger partial charge in [-0.05, 0) is 73.1 Å². The number of unbranched alkanes of at least 4 members (excludes halogenated alkanes) is 1. The average Bonchev–Trinajstić information content (AvgIpc) is 3.56. The Kier molecular flexibility index (Phi) is 8.26. The minimum atomic E-state index is -3.65. The van der Waals surface area contributed by atoms with Crippen LogP contribution in [-0.2, 0) is 26.5 Å². The van der Waals surface area contributed by atoms with Crippen molar-refractivity contribution in [2.75, 3.05) is 29.1 Å². The number of benzene rings is 3. The van der Waals surface area contributed by atoms with Crippen molar-refractivity contribution in [2.45, 2.75) is 38.2 Å². The number of nitrogens with one attached hydrogen (secondary N) is 1. The largest absolute Gasteiger partial charge is 0.489 e. The number of H-pyrrole nitrogens is 1. The Labute approximate surface area is 257 Å². The lowest BCUT2D eigenvalue weighted by molar-refractivity contribution is 0.306. The summed E-state index contributed by atoms with van der Waals surface area (Å²) in [6.45, 7) is 0.642. The predicted octanol–water partition coefficient (Wildman–Crippen LogP) is 6.54. The smallest absolute Gasteiger partial charge is 0.232 e. The van der Waals surface area contributed by atoms with E-state index in [4.69, 9.17) is 9.15 Å². The summed E-state index contributed by atoms with van der Waals surface area (Å²) in [6, 6.07) is 21.5. The van der Waals surface area contributed by atoms with Crippen molar-refractivity contribution in [3.63, 3.8) is 0 Å². The molecule has 3 aromatic carbocycles. The quantitative estimate of drug-likeness (QED) is 0.146. The monoisotopic (exact) mass is 633 g/mol. The van der Waals surface area contributed by atoms with E-state index in [0.29, 0.717) is 42.3 Å². The fourth-order valence-corrected chi connectivity index (χ4v) is 7.16. The zero-order valence-electron chi connectivity index (χ0n) is 24.7. The summed E-state index contributed by atoms with van der Waals surface area (Å²) in [4.78, 5) is 7.75. The van der Waals surface area contributed by atoms with Crippen molar-refractivity contribution >= 4 is 36.5 Å². The number of anilines is 1. The first-order chi connectivity index (χ1) is 21.1. The van der Waals surface area contributed by atoms with Gasteiger partial charge >= 0.3 is 0 Å². The first-order valence-electron chi connectivity index (χ1n) is 14.6. The van der Waals surface area contributed by atoms with Crippen LogP contribution in [0.15, 0.2) is 83.5 Å². The second-order valence-electron chi connectivity index (χ2n) is 11.4. The molecule has 1 saturated carbocycles. The number of aromatic nitrogens is 2. The van der Waals surface area contributed by atoms with Gasteiger partial charge in [0.2, 0.25) is 10.0 Å². The Morgan fingerprint density at radius 1 is 0.977 bits per heavy atom. The fraction of sp³-hybridized carbons (Fsp3) is 0.303. The van der Waals surface area contributed by atoms with Gasteiger partial charge in [-0.3, -0.25) is 4.31 Å². The van der Waals surface area contributed by atoms with Crippen LogP contribution in [0.1, 0.15) is 42.7 Å². The van der Waals surface area contributed by atoms with Crippen molar-refractivity contribution in [3.05, 3.63) is 90.3 Å².